The lowest BCUT2D eigenvalue weighted by atomic mass is 10.1. The van der Waals surface area contributed by atoms with Crippen LogP contribution in [-0.2, 0) is 21.5 Å². The van der Waals surface area contributed by atoms with E-state index in [4.69, 9.17) is 4.18 Å². The van der Waals surface area contributed by atoms with Gasteiger partial charge in [-0.05, 0) is 54.1 Å². The zero-order valence-electron chi connectivity index (χ0n) is 18.3. The number of hydrogen-bond donors (Lipinski definition) is 0. The minimum Gasteiger partial charge on any atom is -0.379 e. The van der Waals surface area contributed by atoms with Gasteiger partial charge in [0.25, 0.3) is 16.8 Å². The molecule has 0 unspecified atom stereocenters. The normalized spacial score (nSPS) is 15.0. The van der Waals surface area contributed by atoms with Crippen LogP contribution in [0.15, 0.2) is 82.6 Å². The monoisotopic (exact) mass is 510 g/mol. The molecular formula is C24H18N2O7S2. The Morgan fingerprint density at radius 1 is 1.03 bits per heavy atom. The van der Waals surface area contributed by atoms with E-state index >= 15 is 0 Å². The van der Waals surface area contributed by atoms with Gasteiger partial charge < -0.3 is 4.18 Å². The highest BCUT2D eigenvalue weighted by Gasteiger charge is 2.35. The van der Waals surface area contributed by atoms with E-state index < -0.39 is 20.9 Å². The fourth-order valence-electron chi connectivity index (χ4n) is 3.21. The van der Waals surface area contributed by atoms with Gasteiger partial charge in [-0.1, -0.05) is 48.0 Å². The first kappa shape index (κ1) is 24.2. The highest BCUT2D eigenvalue weighted by atomic mass is 32.2. The topological polar surface area (TPSA) is 124 Å². The number of hydrogen-bond acceptors (Lipinski definition) is 8. The molecule has 3 aromatic carbocycles. The number of nitrogens with zero attached hydrogens (tertiary/aromatic N) is 2. The van der Waals surface area contributed by atoms with Gasteiger partial charge in [-0.2, -0.15) is 8.42 Å². The van der Waals surface area contributed by atoms with E-state index in [1.54, 1.807) is 6.08 Å². The molecule has 35 heavy (non-hydrogen) atoms. The molecule has 1 fully saturated rings. The smallest absolute Gasteiger partial charge is 0.339 e. The molecule has 0 spiro atoms. The molecule has 9 nitrogen and oxygen atoms in total. The van der Waals surface area contributed by atoms with Gasteiger partial charge in [0.15, 0.2) is 0 Å². The lowest BCUT2D eigenvalue weighted by molar-refractivity contribution is -0.385. The predicted octanol–water partition coefficient (Wildman–Crippen LogP) is 4.91. The van der Waals surface area contributed by atoms with Crippen molar-refractivity contribution in [2.75, 3.05) is 0 Å². The molecule has 0 radical (unpaired) electrons. The minimum atomic E-state index is -4.29. The summed E-state index contributed by atoms with van der Waals surface area (Å²) in [5, 5.41) is 10.5. The number of nitro benzene ring substituents is 1. The van der Waals surface area contributed by atoms with Crippen molar-refractivity contribution in [1.29, 1.82) is 0 Å². The van der Waals surface area contributed by atoms with Crippen molar-refractivity contribution < 1.29 is 27.1 Å². The molecule has 1 aliphatic heterocycles. The van der Waals surface area contributed by atoms with Crippen LogP contribution in [0.3, 0.4) is 0 Å². The first-order valence-electron chi connectivity index (χ1n) is 10.2. The number of rotatable bonds is 7. The lowest BCUT2D eigenvalue weighted by Gasteiger charge is -2.12. The van der Waals surface area contributed by atoms with Gasteiger partial charge in [0.05, 0.1) is 16.4 Å². The third kappa shape index (κ3) is 5.58. The molecule has 0 bridgehead atoms. The second-order valence-corrected chi connectivity index (χ2v) is 10.2. The molecule has 11 heteroatoms. The lowest BCUT2D eigenvalue weighted by Crippen LogP contribution is -2.27. The van der Waals surface area contributed by atoms with Gasteiger partial charge in [-0.3, -0.25) is 24.6 Å². The van der Waals surface area contributed by atoms with Crippen LogP contribution < -0.4 is 4.18 Å². The van der Waals surface area contributed by atoms with E-state index in [0.29, 0.717) is 5.56 Å². The van der Waals surface area contributed by atoms with Crippen molar-refractivity contribution in [3.05, 3.63) is 105 Å². The Morgan fingerprint density at radius 3 is 2.37 bits per heavy atom. The van der Waals surface area contributed by atoms with Crippen molar-refractivity contribution in [3.8, 4) is 5.75 Å². The summed E-state index contributed by atoms with van der Waals surface area (Å²) < 4.78 is 30.0. The Bertz CT molecular complexity index is 1450. The highest BCUT2D eigenvalue weighted by Crippen LogP contribution is 2.33. The van der Waals surface area contributed by atoms with E-state index in [2.05, 4.69) is 0 Å². The van der Waals surface area contributed by atoms with E-state index in [1.807, 2.05) is 31.2 Å². The van der Waals surface area contributed by atoms with Crippen molar-refractivity contribution >= 4 is 44.8 Å². The van der Waals surface area contributed by atoms with E-state index in [-0.39, 0.29) is 33.0 Å². The molecule has 2 amide bonds. The summed E-state index contributed by atoms with van der Waals surface area (Å²) in [5.74, 6) is -0.421. The van der Waals surface area contributed by atoms with Gasteiger partial charge >= 0.3 is 10.1 Å². The Hall–Kier alpha value is -3.96. The SMILES string of the molecule is Cc1ccc(CN2C(=O)S/C(=C\c3ccc(OS(=O)(=O)c4cccc([N+](=O)[O-])c4)cc3)C2=O)cc1. The zero-order valence-corrected chi connectivity index (χ0v) is 19.9. The Kier molecular flexibility index (Phi) is 6.72. The van der Waals surface area contributed by atoms with Crippen LogP contribution >= 0.6 is 11.8 Å². The number of benzene rings is 3. The first-order valence-corrected chi connectivity index (χ1v) is 12.4. The van der Waals surface area contributed by atoms with Crippen molar-refractivity contribution in [2.24, 2.45) is 0 Å². The maximum absolute atomic E-state index is 12.7. The summed E-state index contributed by atoms with van der Waals surface area (Å²) in [5.41, 5.74) is 2.10. The molecule has 0 atom stereocenters. The molecule has 1 saturated heterocycles. The number of non-ortho nitro benzene ring substituents is 1. The highest BCUT2D eigenvalue weighted by molar-refractivity contribution is 8.18. The van der Waals surface area contributed by atoms with Crippen LogP contribution in [0.25, 0.3) is 6.08 Å². The molecule has 0 saturated carbocycles. The predicted molar refractivity (Wildman–Crippen MR) is 130 cm³/mol. The molecular weight excluding hydrogens is 492 g/mol. The second kappa shape index (κ2) is 9.72. The van der Waals surface area contributed by atoms with Crippen molar-refractivity contribution in [2.45, 2.75) is 18.4 Å². The third-order valence-corrected chi connectivity index (χ3v) is 7.19. The number of nitro groups is 1. The van der Waals surface area contributed by atoms with E-state index in [0.717, 1.165) is 29.0 Å². The molecule has 0 aromatic heterocycles. The number of carbonyl (C=O) groups is 2. The zero-order chi connectivity index (χ0) is 25.2. The van der Waals surface area contributed by atoms with E-state index in [9.17, 15) is 28.1 Å². The fraction of sp³-hybridized carbons (Fsp3) is 0.0833. The van der Waals surface area contributed by atoms with Crippen LogP contribution in [0.5, 0.6) is 5.75 Å². The molecule has 4 rings (SSSR count). The molecule has 1 heterocycles. The van der Waals surface area contributed by atoms with Crippen LogP contribution in [0.2, 0.25) is 0 Å². The Labute approximate surface area is 205 Å². The average Bonchev–Trinajstić information content (AvgIpc) is 3.09. The summed E-state index contributed by atoms with van der Waals surface area (Å²) in [4.78, 5) is 36.4. The van der Waals surface area contributed by atoms with Crippen LogP contribution in [0.4, 0.5) is 10.5 Å². The largest absolute Gasteiger partial charge is 0.379 e. The molecule has 1 aliphatic rings. The minimum absolute atomic E-state index is 0.0128. The number of thioether (sulfide) groups is 1. The molecule has 3 aromatic rings. The number of aryl methyl sites for hydroxylation is 1. The summed E-state index contributed by atoms with van der Waals surface area (Å²) in [6, 6.07) is 17.9. The third-order valence-electron chi connectivity index (χ3n) is 5.04. The number of carbonyl (C=O) groups excluding carboxylic acids is 2. The standard InChI is InChI=1S/C24H18N2O7S2/c1-16-5-7-18(8-6-16)15-25-23(27)22(34-24(25)28)13-17-9-11-20(12-10-17)33-35(31,32)21-4-2-3-19(14-21)26(29)30/h2-14H,15H2,1H3/b22-13-. The maximum Gasteiger partial charge on any atom is 0.339 e. The first-order chi connectivity index (χ1) is 16.6. The summed E-state index contributed by atoms with van der Waals surface area (Å²) in [7, 11) is -4.29. The molecule has 0 N–H and O–H groups in total. The van der Waals surface area contributed by atoms with Gasteiger partial charge in [0.1, 0.15) is 10.6 Å². The second-order valence-electron chi connectivity index (χ2n) is 7.61. The van der Waals surface area contributed by atoms with Crippen molar-refractivity contribution in [3.63, 3.8) is 0 Å². The van der Waals surface area contributed by atoms with Crippen LogP contribution in [0.1, 0.15) is 16.7 Å². The van der Waals surface area contributed by atoms with Gasteiger partial charge in [-0.15, -0.1) is 0 Å². The van der Waals surface area contributed by atoms with Gasteiger partial charge in [0.2, 0.25) is 0 Å². The summed E-state index contributed by atoms with van der Waals surface area (Å²) >= 11 is 0.831. The maximum atomic E-state index is 12.7. The van der Waals surface area contributed by atoms with Gasteiger partial charge in [-0.25, -0.2) is 0 Å². The number of amides is 2. The van der Waals surface area contributed by atoms with E-state index in [1.165, 1.54) is 47.4 Å². The van der Waals surface area contributed by atoms with Crippen LogP contribution in [0, 0.1) is 17.0 Å². The molecule has 178 valence electrons. The molecule has 0 aliphatic carbocycles. The van der Waals surface area contributed by atoms with Gasteiger partial charge in [0, 0.05) is 12.1 Å². The fourth-order valence-corrected chi connectivity index (χ4v) is 5.02. The average molecular weight is 511 g/mol. The van der Waals surface area contributed by atoms with Crippen LogP contribution in [-0.4, -0.2) is 29.4 Å². The number of imide groups is 1. The summed E-state index contributed by atoms with van der Waals surface area (Å²) in [6.45, 7) is 2.12. The Morgan fingerprint density at radius 2 is 1.71 bits per heavy atom. The Balaban J connectivity index is 1.47. The van der Waals surface area contributed by atoms with Crippen molar-refractivity contribution in [1.82, 2.24) is 4.90 Å². The quantitative estimate of drug-likeness (QED) is 0.190. The summed E-state index contributed by atoms with van der Waals surface area (Å²) in [6.07, 6.45) is 1.54.